The molecule has 0 aliphatic carbocycles. The lowest BCUT2D eigenvalue weighted by Gasteiger charge is -2.27. The van der Waals surface area contributed by atoms with Crippen molar-refractivity contribution in [3.63, 3.8) is 0 Å². The van der Waals surface area contributed by atoms with Gasteiger partial charge in [0.25, 0.3) is 0 Å². The fourth-order valence-electron chi connectivity index (χ4n) is 4.14. The van der Waals surface area contributed by atoms with Gasteiger partial charge in [-0.15, -0.1) is 13.2 Å². The maximum atomic E-state index is 13.3. The number of anilines is 1. The van der Waals surface area contributed by atoms with E-state index in [0.29, 0.717) is 12.1 Å². The highest BCUT2D eigenvalue weighted by atomic mass is 19.4. The Balaban J connectivity index is 2.04. The zero-order valence-electron chi connectivity index (χ0n) is 20.9. The molecule has 16 heteroatoms. The van der Waals surface area contributed by atoms with Crippen molar-refractivity contribution in [2.45, 2.75) is 51.3 Å². The predicted octanol–water partition coefficient (Wildman–Crippen LogP) is 7.30. The van der Waals surface area contributed by atoms with Crippen molar-refractivity contribution < 1.29 is 63.3 Å². The van der Waals surface area contributed by atoms with E-state index in [2.05, 4.69) is 9.47 Å². The van der Waals surface area contributed by atoms with Gasteiger partial charge in [-0.2, -0.15) is 26.3 Å². The molecule has 1 fully saturated rings. The average Bonchev–Trinajstić information content (AvgIpc) is 3.11. The molecule has 7 nitrogen and oxygen atoms in total. The van der Waals surface area contributed by atoms with Crippen LogP contribution in [0, 0.1) is 0 Å². The summed E-state index contributed by atoms with van der Waals surface area (Å²) in [6.45, 7) is 2.22. The number of hydrogen-bond acceptors (Lipinski definition) is 5. The van der Waals surface area contributed by atoms with Gasteiger partial charge in [0.2, 0.25) is 0 Å². The van der Waals surface area contributed by atoms with Crippen LogP contribution in [0.25, 0.3) is 0 Å². The molecule has 1 saturated heterocycles. The van der Waals surface area contributed by atoms with E-state index in [1.54, 1.807) is 0 Å². The van der Waals surface area contributed by atoms with E-state index < -0.39 is 72.0 Å². The van der Waals surface area contributed by atoms with Crippen LogP contribution in [0.15, 0.2) is 36.4 Å². The minimum atomic E-state index is -5.15. The monoisotopic (exact) mass is 588 g/mol. The van der Waals surface area contributed by atoms with E-state index in [-0.39, 0.29) is 23.9 Å². The van der Waals surface area contributed by atoms with E-state index >= 15 is 0 Å². The van der Waals surface area contributed by atoms with E-state index in [4.69, 9.17) is 4.74 Å². The first-order valence-electron chi connectivity index (χ1n) is 11.4. The Morgan fingerprint density at radius 3 is 2.02 bits per heavy atom. The molecule has 0 aromatic heterocycles. The van der Waals surface area contributed by atoms with Gasteiger partial charge in [0, 0.05) is 6.54 Å². The van der Waals surface area contributed by atoms with Gasteiger partial charge in [-0.05, 0) is 61.4 Å². The molecule has 0 saturated carbocycles. The fraction of sp³-hybridized carbons (Fsp3) is 0.417. The third-order valence-corrected chi connectivity index (χ3v) is 5.96. The molecule has 2 amide bonds. The average molecular weight is 588 g/mol. The zero-order valence-corrected chi connectivity index (χ0v) is 20.9. The summed E-state index contributed by atoms with van der Waals surface area (Å²) in [5.41, 5.74) is -3.90. The molecule has 0 bridgehead atoms. The molecular formula is C24H21F9N2O5. The molecule has 3 rings (SSSR count). The van der Waals surface area contributed by atoms with Crippen molar-refractivity contribution in [3.8, 4) is 5.75 Å². The van der Waals surface area contributed by atoms with Crippen molar-refractivity contribution in [2.24, 2.45) is 0 Å². The van der Waals surface area contributed by atoms with Gasteiger partial charge in [0.1, 0.15) is 11.9 Å². The first kappa shape index (κ1) is 30.7. The van der Waals surface area contributed by atoms with Crippen LogP contribution in [0.1, 0.15) is 42.2 Å². The number of carbonyl (C=O) groups excluding carboxylic acids is 2. The highest BCUT2D eigenvalue weighted by Crippen LogP contribution is 2.41. The van der Waals surface area contributed by atoms with Crippen LogP contribution in [-0.4, -0.2) is 43.1 Å². The maximum absolute atomic E-state index is 13.3. The Labute approximate surface area is 221 Å². The van der Waals surface area contributed by atoms with Crippen LogP contribution in [0.4, 0.5) is 54.8 Å². The smallest absolute Gasteiger partial charge is 0.452 e. The Morgan fingerprint density at radius 2 is 1.55 bits per heavy atom. The summed E-state index contributed by atoms with van der Waals surface area (Å²) in [5.74, 6) is -0.711. The highest BCUT2D eigenvalue weighted by molar-refractivity contribution is 5.88. The van der Waals surface area contributed by atoms with Gasteiger partial charge in [0.15, 0.2) is 0 Å². The number of benzene rings is 2. The Bertz CT molecular complexity index is 1230. The SMILES string of the molecule is CCN(C(=O)OC)c1ccc(OC(F)(F)F)cc1CN1C(=O)O[C@H](c2cc(C(F)(F)F)cc(C(F)(F)F)c2)[C@@H]1C. The number of ether oxygens (including phenoxy) is 3. The maximum Gasteiger partial charge on any atom is 0.573 e. The summed E-state index contributed by atoms with van der Waals surface area (Å²) in [6.07, 6.45) is -19.0. The molecule has 0 unspecified atom stereocenters. The van der Waals surface area contributed by atoms with Crippen LogP contribution in [0.2, 0.25) is 0 Å². The molecule has 2 aromatic rings. The number of halogens is 9. The standard InChI is InChI=1S/C24H21F9N2O5/c1-4-34(20(36)38-3)18-6-5-17(40-24(31,32)33)9-14(18)11-35-12(2)19(39-21(35)37)13-7-15(22(25,26)27)10-16(8-13)23(28,29)30/h5-10,12,19H,4,11H2,1-3H3/t12-,19-/m0/s1. The summed E-state index contributed by atoms with van der Waals surface area (Å²) >= 11 is 0. The van der Waals surface area contributed by atoms with Gasteiger partial charge >= 0.3 is 30.9 Å². The molecule has 1 heterocycles. The molecule has 2 atom stereocenters. The molecule has 0 N–H and O–H groups in total. The zero-order chi connectivity index (χ0) is 30.2. The van der Waals surface area contributed by atoms with E-state index in [0.717, 1.165) is 35.1 Å². The van der Waals surface area contributed by atoms with E-state index in [1.165, 1.54) is 13.8 Å². The summed E-state index contributed by atoms with van der Waals surface area (Å²) < 4.78 is 132. The topological polar surface area (TPSA) is 68.3 Å². The van der Waals surface area contributed by atoms with Crippen LogP contribution in [0.5, 0.6) is 5.75 Å². The third kappa shape index (κ3) is 6.83. The molecule has 2 aromatic carbocycles. The largest absolute Gasteiger partial charge is 0.573 e. The van der Waals surface area contributed by atoms with Crippen molar-refractivity contribution in [3.05, 3.63) is 58.7 Å². The second-order valence-electron chi connectivity index (χ2n) is 8.56. The van der Waals surface area contributed by atoms with Gasteiger partial charge in [-0.1, -0.05) is 0 Å². The Hall–Kier alpha value is -3.85. The van der Waals surface area contributed by atoms with Crippen molar-refractivity contribution in [1.29, 1.82) is 0 Å². The fourth-order valence-corrected chi connectivity index (χ4v) is 4.14. The molecule has 1 aliphatic heterocycles. The predicted molar refractivity (Wildman–Crippen MR) is 119 cm³/mol. The van der Waals surface area contributed by atoms with Crippen LogP contribution >= 0.6 is 0 Å². The number of methoxy groups -OCH3 is 1. The van der Waals surface area contributed by atoms with Gasteiger partial charge in [-0.25, -0.2) is 9.59 Å². The Morgan fingerprint density at radius 1 is 0.975 bits per heavy atom. The third-order valence-electron chi connectivity index (χ3n) is 5.96. The number of hydrogen-bond donors (Lipinski definition) is 0. The Kier molecular flexibility index (Phi) is 8.41. The molecule has 40 heavy (non-hydrogen) atoms. The summed E-state index contributed by atoms with van der Waals surface area (Å²) in [5, 5.41) is 0. The van der Waals surface area contributed by atoms with Crippen molar-refractivity contribution in [1.82, 2.24) is 4.90 Å². The van der Waals surface area contributed by atoms with Crippen LogP contribution in [-0.2, 0) is 28.4 Å². The van der Waals surface area contributed by atoms with Crippen LogP contribution in [0.3, 0.4) is 0 Å². The lowest BCUT2D eigenvalue weighted by atomic mass is 9.97. The number of rotatable bonds is 6. The van der Waals surface area contributed by atoms with Crippen molar-refractivity contribution >= 4 is 17.9 Å². The molecular weight excluding hydrogens is 567 g/mol. The van der Waals surface area contributed by atoms with Gasteiger partial charge < -0.3 is 14.2 Å². The number of amides is 2. The van der Waals surface area contributed by atoms with Gasteiger partial charge in [-0.3, -0.25) is 9.80 Å². The quantitative estimate of drug-likeness (QED) is 0.332. The van der Waals surface area contributed by atoms with E-state index in [9.17, 15) is 49.1 Å². The number of cyclic esters (lactones) is 1. The molecule has 220 valence electrons. The summed E-state index contributed by atoms with van der Waals surface area (Å²) in [7, 11) is 1.06. The summed E-state index contributed by atoms with van der Waals surface area (Å²) in [4.78, 5) is 26.9. The van der Waals surface area contributed by atoms with Crippen molar-refractivity contribution in [2.75, 3.05) is 18.6 Å². The molecule has 1 aliphatic rings. The second kappa shape index (κ2) is 11.0. The second-order valence-corrected chi connectivity index (χ2v) is 8.56. The number of nitrogens with zero attached hydrogens (tertiary/aromatic N) is 2. The number of carbonyl (C=O) groups is 2. The first-order valence-corrected chi connectivity index (χ1v) is 11.4. The minimum Gasteiger partial charge on any atom is -0.452 e. The molecule has 0 spiro atoms. The number of alkyl halides is 9. The minimum absolute atomic E-state index is 0.00532. The first-order chi connectivity index (χ1) is 18.4. The lowest BCUT2D eigenvalue weighted by molar-refractivity contribution is -0.274. The highest BCUT2D eigenvalue weighted by Gasteiger charge is 2.43. The van der Waals surface area contributed by atoms with Crippen LogP contribution < -0.4 is 9.64 Å². The molecule has 0 radical (unpaired) electrons. The van der Waals surface area contributed by atoms with E-state index in [1.807, 2.05) is 0 Å². The normalized spacial score (nSPS) is 18.0. The summed E-state index contributed by atoms with van der Waals surface area (Å²) in [6, 6.07) is 2.47. The lowest BCUT2D eigenvalue weighted by Crippen LogP contribution is -2.34. The van der Waals surface area contributed by atoms with Gasteiger partial charge in [0.05, 0.1) is 36.5 Å².